The highest BCUT2D eigenvalue weighted by Gasteiger charge is 2.24. The minimum atomic E-state index is 0. The molecule has 0 saturated carbocycles. The smallest absolute Gasteiger partial charge is 0.154 e. The monoisotopic (exact) mass is 391 g/mol. The van der Waals surface area contributed by atoms with Crippen molar-refractivity contribution >= 4 is 30.4 Å². The number of rotatable bonds is 4. The summed E-state index contributed by atoms with van der Waals surface area (Å²) < 4.78 is 0. The zero-order chi connectivity index (χ0) is 18.1. The lowest BCUT2D eigenvalue weighted by Crippen LogP contribution is -2.27. The molecule has 2 aromatic carbocycles. The van der Waals surface area contributed by atoms with Gasteiger partial charge in [-0.3, -0.25) is 15.1 Å². The Balaban J connectivity index is 0.00000192. The van der Waals surface area contributed by atoms with Crippen molar-refractivity contribution in [3.8, 4) is 22.3 Å². The van der Waals surface area contributed by atoms with Gasteiger partial charge in [0.2, 0.25) is 0 Å². The largest absolute Gasteiger partial charge is 0.295 e. The first-order valence-electron chi connectivity index (χ1n) is 8.66. The summed E-state index contributed by atoms with van der Waals surface area (Å²) in [5, 5.41) is 21.0. The minimum Gasteiger partial charge on any atom is -0.295 e. The molecule has 1 aliphatic heterocycles. The first-order valence-corrected chi connectivity index (χ1v) is 8.66. The van der Waals surface area contributed by atoms with Gasteiger partial charge in [-0.1, -0.05) is 60.7 Å². The van der Waals surface area contributed by atoms with Gasteiger partial charge >= 0.3 is 0 Å². The number of halogens is 1. The first kappa shape index (κ1) is 17.8. The van der Waals surface area contributed by atoms with Gasteiger partial charge in [-0.2, -0.15) is 15.3 Å². The second kappa shape index (κ2) is 7.58. The molecule has 5 rings (SSSR count). The van der Waals surface area contributed by atoms with Gasteiger partial charge < -0.3 is 0 Å². The van der Waals surface area contributed by atoms with Gasteiger partial charge in [0.05, 0.1) is 12.4 Å². The Kier molecular flexibility index (Phi) is 4.82. The molecule has 0 atom stereocenters. The average molecular weight is 392 g/mol. The Morgan fingerprint density at radius 1 is 0.714 bits per heavy atom. The van der Waals surface area contributed by atoms with Crippen molar-refractivity contribution in [2.45, 2.75) is 0 Å². The fraction of sp³-hybridized carbons (Fsp3) is 0.0500. The summed E-state index contributed by atoms with van der Waals surface area (Å²) in [4.78, 5) is 2.03. The normalized spacial score (nSPS) is 13.0. The van der Waals surface area contributed by atoms with E-state index < -0.39 is 0 Å². The highest BCUT2D eigenvalue weighted by Crippen LogP contribution is 2.33. The van der Waals surface area contributed by atoms with Gasteiger partial charge in [-0.25, -0.2) is 5.01 Å². The molecule has 0 aliphatic carbocycles. The molecule has 0 spiro atoms. The van der Waals surface area contributed by atoms with Crippen molar-refractivity contribution in [2.24, 2.45) is 5.10 Å². The number of aromatic amines is 2. The van der Waals surface area contributed by atoms with Crippen LogP contribution in [0, 0.1) is 0 Å². The van der Waals surface area contributed by atoms with Crippen molar-refractivity contribution in [3.63, 3.8) is 0 Å². The van der Waals surface area contributed by atoms with Gasteiger partial charge in [0.25, 0.3) is 0 Å². The van der Waals surface area contributed by atoms with Crippen LogP contribution in [0.15, 0.2) is 78.2 Å². The number of hydrogen-bond acceptors (Lipinski definition) is 5. The Bertz CT molecular complexity index is 986. The molecule has 0 saturated heterocycles. The predicted molar refractivity (Wildman–Crippen MR) is 114 cm³/mol. The Morgan fingerprint density at radius 2 is 1.25 bits per heavy atom. The van der Waals surface area contributed by atoms with Crippen molar-refractivity contribution in [3.05, 3.63) is 73.1 Å². The molecule has 0 amide bonds. The maximum absolute atomic E-state index is 4.55. The van der Waals surface area contributed by atoms with E-state index in [0.29, 0.717) is 6.67 Å². The second-order valence-corrected chi connectivity index (χ2v) is 6.24. The van der Waals surface area contributed by atoms with Crippen LogP contribution in [0.25, 0.3) is 22.3 Å². The van der Waals surface area contributed by atoms with Crippen LogP contribution in [0.4, 0.5) is 11.6 Å². The molecule has 0 fully saturated rings. The van der Waals surface area contributed by atoms with Crippen LogP contribution in [-0.4, -0.2) is 33.4 Å². The summed E-state index contributed by atoms with van der Waals surface area (Å²) in [6.07, 6.45) is 5.47. The number of nitrogens with zero attached hydrogens (tertiary/aromatic N) is 5. The minimum absolute atomic E-state index is 0. The van der Waals surface area contributed by atoms with Crippen LogP contribution in [0.1, 0.15) is 0 Å². The summed E-state index contributed by atoms with van der Waals surface area (Å²) in [7, 11) is 0. The van der Waals surface area contributed by atoms with E-state index in [0.717, 1.165) is 33.9 Å². The third-order valence-corrected chi connectivity index (χ3v) is 4.57. The van der Waals surface area contributed by atoms with Gasteiger partial charge in [-0.15, -0.1) is 12.4 Å². The summed E-state index contributed by atoms with van der Waals surface area (Å²) in [6, 6.07) is 20.4. The SMILES string of the molecule is C1=NN(c2[nH]ncc2-c2ccccc2)CN1c1[nH]ncc1-c1ccccc1.Cl. The summed E-state index contributed by atoms with van der Waals surface area (Å²) in [5.74, 6) is 1.77. The molecule has 2 aromatic heterocycles. The fourth-order valence-electron chi connectivity index (χ4n) is 3.23. The topological polar surface area (TPSA) is 76.2 Å². The van der Waals surface area contributed by atoms with E-state index in [-0.39, 0.29) is 12.4 Å². The zero-order valence-corrected chi connectivity index (χ0v) is 15.7. The Hall–Kier alpha value is -3.58. The quantitative estimate of drug-likeness (QED) is 0.548. The first-order chi connectivity index (χ1) is 13.4. The number of hydrogen-bond donors (Lipinski definition) is 2. The third-order valence-electron chi connectivity index (χ3n) is 4.57. The van der Waals surface area contributed by atoms with Crippen LogP contribution >= 0.6 is 12.4 Å². The lowest BCUT2D eigenvalue weighted by Gasteiger charge is -2.18. The van der Waals surface area contributed by atoms with Crippen LogP contribution in [0.2, 0.25) is 0 Å². The van der Waals surface area contributed by atoms with E-state index in [4.69, 9.17) is 0 Å². The van der Waals surface area contributed by atoms with E-state index >= 15 is 0 Å². The molecule has 8 heteroatoms. The standard InChI is InChI=1S/C20H17N7.ClH/c1-3-7-15(8-4-1)17-11-21-24-19(17)26-13-23-27(14-26)20-18(12-22-25-20)16-9-5-2-6-10-16;/h1-13H,14H2,(H,21,24)(H,22,25);1H. The van der Waals surface area contributed by atoms with Crippen molar-refractivity contribution in [1.82, 2.24) is 20.4 Å². The van der Waals surface area contributed by atoms with Gasteiger partial charge in [0.1, 0.15) is 18.8 Å². The second-order valence-electron chi connectivity index (χ2n) is 6.24. The number of H-pyrrole nitrogens is 2. The zero-order valence-electron chi connectivity index (χ0n) is 14.9. The molecule has 140 valence electrons. The van der Waals surface area contributed by atoms with Crippen molar-refractivity contribution < 1.29 is 0 Å². The molecule has 7 nitrogen and oxygen atoms in total. The summed E-state index contributed by atoms with van der Waals surface area (Å²) >= 11 is 0. The molecule has 0 bridgehead atoms. The summed E-state index contributed by atoms with van der Waals surface area (Å²) in [5.41, 5.74) is 4.26. The maximum Gasteiger partial charge on any atom is 0.154 e. The summed E-state index contributed by atoms with van der Waals surface area (Å²) in [6.45, 7) is 0.560. The number of anilines is 2. The Labute approximate surface area is 168 Å². The lowest BCUT2D eigenvalue weighted by molar-refractivity contribution is 0.870. The molecule has 4 aromatic rings. The van der Waals surface area contributed by atoms with Crippen molar-refractivity contribution in [2.75, 3.05) is 16.6 Å². The predicted octanol–water partition coefficient (Wildman–Crippen LogP) is 4.12. The lowest BCUT2D eigenvalue weighted by atomic mass is 10.1. The van der Waals surface area contributed by atoms with E-state index in [1.165, 1.54) is 0 Å². The van der Waals surface area contributed by atoms with Crippen LogP contribution in [-0.2, 0) is 0 Å². The fourth-order valence-corrected chi connectivity index (χ4v) is 3.23. The molecule has 28 heavy (non-hydrogen) atoms. The van der Waals surface area contributed by atoms with Crippen LogP contribution < -0.4 is 9.91 Å². The van der Waals surface area contributed by atoms with E-state index in [9.17, 15) is 0 Å². The number of aromatic nitrogens is 4. The van der Waals surface area contributed by atoms with Gasteiger partial charge in [-0.05, 0) is 11.1 Å². The molecule has 1 aliphatic rings. The van der Waals surface area contributed by atoms with E-state index in [1.807, 2.05) is 58.7 Å². The van der Waals surface area contributed by atoms with E-state index in [2.05, 4.69) is 49.8 Å². The molecule has 3 heterocycles. The van der Waals surface area contributed by atoms with E-state index in [1.54, 1.807) is 6.34 Å². The molecular weight excluding hydrogens is 374 g/mol. The molecule has 2 N–H and O–H groups in total. The van der Waals surface area contributed by atoms with Gasteiger partial charge in [0, 0.05) is 11.1 Å². The molecular formula is C20H18ClN7. The number of nitrogens with one attached hydrogen (secondary N) is 2. The number of benzene rings is 2. The van der Waals surface area contributed by atoms with Crippen molar-refractivity contribution in [1.29, 1.82) is 0 Å². The van der Waals surface area contributed by atoms with Crippen LogP contribution in [0.3, 0.4) is 0 Å². The van der Waals surface area contributed by atoms with Gasteiger partial charge in [0.15, 0.2) is 5.82 Å². The molecule has 0 unspecified atom stereocenters. The highest BCUT2D eigenvalue weighted by atomic mass is 35.5. The highest BCUT2D eigenvalue weighted by molar-refractivity contribution is 5.89. The molecule has 0 radical (unpaired) electrons. The third kappa shape index (κ3) is 3.12. The van der Waals surface area contributed by atoms with Crippen LogP contribution in [0.5, 0.6) is 0 Å². The average Bonchev–Trinajstić information content (AvgIpc) is 3.48. The number of hydrazone groups is 1. The maximum atomic E-state index is 4.55. The Morgan fingerprint density at radius 3 is 1.86 bits per heavy atom.